The zero-order chi connectivity index (χ0) is 21.4. The Morgan fingerprint density at radius 1 is 1.14 bits per heavy atom. The molecule has 1 saturated carbocycles. The van der Waals surface area contributed by atoms with Gasteiger partial charge in [-0.05, 0) is 74.4 Å². The van der Waals surface area contributed by atoms with Crippen LogP contribution in [-0.4, -0.2) is 25.8 Å². The number of carbonyl (C=O) groups is 1. The molecule has 0 saturated heterocycles. The monoisotopic (exact) mass is 413 g/mol. The summed E-state index contributed by atoms with van der Waals surface area (Å²) in [6.45, 7) is 11.1. The molecule has 2 atom stereocenters. The second-order valence-electron chi connectivity index (χ2n) is 6.36. The molecule has 5 heteroatoms. The average molecular weight is 414 g/mol. The molecule has 1 N–H and O–H groups in total. The van der Waals surface area contributed by atoms with Crippen molar-refractivity contribution >= 4 is 17.8 Å². The molecule has 0 amide bonds. The minimum Gasteiger partial charge on any atom is -0.418 e. The minimum atomic E-state index is -0.740. The van der Waals surface area contributed by atoms with E-state index in [1.54, 1.807) is 0 Å². The first kappa shape index (κ1) is 26.7. The Morgan fingerprint density at radius 3 is 2.39 bits per heavy atom. The Balaban J connectivity index is 0.000000797. The molecule has 1 aromatic rings. The molecule has 4 nitrogen and oxygen atoms in total. The number of aryl methyl sites for hydroxylation is 1. The largest absolute Gasteiger partial charge is 0.515 e. The van der Waals surface area contributed by atoms with Crippen LogP contribution in [0.25, 0.3) is 0 Å². The van der Waals surface area contributed by atoms with Crippen molar-refractivity contribution in [3.05, 3.63) is 29.3 Å². The molecule has 3 rings (SSSR count). The average Bonchev–Trinajstić information content (AvgIpc) is 2.77. The second-order valence-corrected chi connectivity index (χ2v) is 6.58. The van der Waals surface area contributed by atoms with Gasteiger partial charge in [-0.15, -0.1) is 0 Å². The van der Waals surface area contributed by atoms with Crippen molar-refractivity contribution in [2.75, 3.05) is 19.7 Å². The quantitative estimate of drug-likeness (QED) is 0.332. The van der Waals surface area contributed by atoms with E-state index in [4.69, 9.17) is 16.3 Å². The van der Waals surface area contributed by atoms with Crippen LogP contribution in [-0.2, 0) is 11.2 Å². The molecule has 28 heavy (non-hydrogen) atoms. The van der Waals surface area contributed by atoms with E-state index in [-0.39, 0.29) is 6.07 Å². The maximum absolute atomic E-state index is 11.3. The molecule has 1 fully saturated rings. The van der Waals surface area contributed by atoms with E-state index in [0.717, 1.165) is 18.9 Å². The number of benzene rings is 1. The van der Waals surface area contributed by atoms with E-state index in [2.05, 4.69) is 23.0 Å². The molecule has 0 spiro atoms. The number of hydrogen-bond donors (Lipinski definition) is 1. The number of hydrogen-bond acceptors (Lipinski definition) is 4. The van der Waals surface area contributed by atoms with Crippen molar-refractivity contribution < 1.29 is 14.3 Å². The SMILES string of the molecule is CC.CC.CCNC.O=C(OCCl)Oc1ccc2c(c1)C1CCCCC1CC2. The molecular formula is C23H40ClNO3. The number of halogens is 1. The molecule has 0 aliphatic heterocycles. The van der Waals surface area contributed by atoms with Crippen molar-refractivity contribution in [2.45, 2.75) is 79.1 Å². The van der Waals surface area contributed by atoms with E-state index in [1.165, 1.54) is 43.2 Å². The highest BCUT2D eigenvalue weighted by molar-refractivity contribution is 6.17. The third-order valence-corrected chi connectivity index (χ3v) is 5.05. The summed E-state index contributed by atoms with van der Waals surface area (Å²) in [6.07, 6.45) is 6.96. The first-order chi connectivity index (χ1) is 13.7. The summed E-state index contributed by atoms with van der Waals surface area (Å²) in [6, 6.07) is 5.77. The van der Waals surface area contributed by atoms with Crippen molar-refractivity contribution in [1.82, 2.24) is 5.32 Å². The zero-order valence-corrected chi connectivity index (χ0v) is 19.4. The summed E-state index contributed by atoms with van der Waals surface area (Å²) in [5.41, 5.74) is 2.78. The highest BCUT2D eigenvalue weighted by Gasteiger charge is 2.31. The van der Waals surface area contributed by atoms with Crippen molar-refractivity contribution in [3.8, 4) is 5.75 Å². The van der Waals surface area contributed by atoms with Crippen LogP contribution in [0, 0.1) is 5.92 Å². The van der Waals surface area contributed by atoms with Crippen LogP contribution in [0.2, 0.25) is 0 Å². The predicted octanol–water partition coefficient (Wildman–Crippen LogP) is 6.90. The molecule has 2 aliphatic rings. The molecular weight excluding hydrogens is 374 g/mol. The lowest BCUT2D eigenvalue weighted by atomic mass is 9.68. The third kappa shape index (κ3) is 8.83. The van der Waals surface area contributed by atoms with Crippen molar-refractivity contribution in [2.24, 2.45) is 5.92 Å². The van der Waals surface area contributed by atoms with E-state index in [1.807, 2.05) is 46.9 Å². The number of carbonyl (C=O) groups excluding carboxylic acids is 1. The Bertz CT molecular complexity index is 535. The summed E-state index contributed by atoms with van der Waals surface area (Å²) in [7, 11) is 1.93. The standard InChI is InChI=1S/C16H19ClO3.C3H9N.2C2H6/c17-10-19-16(18)20-13-8-7-12-6-5-11-3-1-2-4-14(11)15(12)9-13;1-3-4-2;2*1-2/h7-9,11,14H,1-6,10H2;4H,3H2,1-2H3;2*1-2H3. The van der Waals surface area contributed by atoms with Crippen LogP contribution in [0.4, 0.5) is 4.79 Å². The fraction of sp³-hybridized carbons (Fsp3) is 0.696. The van der Waals surface area contributed by atoms with Crippen molar-refractivity contribution in [3.63, 3.8) is 0 Å². The van der Waals surface area contributed by atoms with Gasteiger partial charge in [0.25, 0.3) is 0 Å². The van der Waals surface area contributed by atoms with Crippen LogP contribution in [0.15, 0.2) is 18.2 Å². The number of nitrogens with one attached hydrogen (secondary N) is 1. The van der Waals surface area contributed by atoms with E-state index in [9.17, 15) is 4.79 Å². The topological polar surface area (TPSA) is 47.6 Å². The van der Waals surface area contributed by atoms with Gasteiger partial charge in [0.2, 0.25) is 0 Å². The molecule has 0 bridgehead atoms. The highest BCUT2D eigenvalue weighted by atomic mass is 35.5. The number of rotatable bonds is 3. The molecule has 0 heterocycles. The summed E-state index contributed by atoms with van der Waals surface area (Å²) in [4.78, 5) is 11.3. The first-order valence-corrected chi connectivity index (χ1v) is 11.4. The van der Waals surface area contributed by atoms with E-state index < -0.39 is 6.16 Å². The first-order valence-electron chi connectivity index (χ1n) is 10.9. The summed E-state index contributed by atoms with van der Waals surface area (Å²) >= 11 is 5.35. The minimum absolute atomic E-state index is 0.186. The van der Waals surface area contributed by atoms with Gasteiger partial charge in [0.1, 0.15) is 5.75 Å². The third-order valence-electron chi connectivity index (χ3n) is 4.94. The van der Waals surface area contributed by atoms with Gasteiger partial charge in [0, 0.05) is 0 Å². The van der Waals surface area contributed by atoms with Gasteiger partial charge in [0.15, 0.2) is 6.07 Å². The predicted molar refractivity (Wildman–Crippen MR) is 120 cm³/mol. The van der Waals surface area contributed by atoms with Gasteiger partial charge >= 0.3 is 6.16 Å². The molecule has 162 valence electrons. The Labute approximate surface area is 177 Å². The number of fused-ring (bicyclic) bond motifs is 3. The fourth-order valence-corrected chi connectivity index (χ4v) is 3.77. The zero-order valence-electron chi connectivity index (χ0n) is 18.6. The lowest BCUT2D eigenvalue weighted by molar-refractivity contribution is 0.115. The Hall–Kier alpha value is -1.26. The van der Waals surface area contributed by atoms with Gasteiger partial charge < -0.3 is 14.8 Å². The van der Waals surface area contributed by atoms with Crippen molar-refractivity contribution in [1.29, 1.82) is 0 Å². The van der Waals surface area contributed by atoms with E-state index in [0.29, 0.717) is 11.7 Å². The van der Waals surface area contributed by atoms with Crippen LogP contribution in [0.5, 0.6) is 5.75 Å². The normalized spacial score (nSPS) is 19.0. The van der Waals surface area contributed by atoms with Gasteiger partial charge in [0.05, 0.1) is 0 Å². The lowest BCUT2D eigenvalue weighted by Gasteiger charge is -2.37. The number of alkyl halides is 1. The van der Waals surface area contributed by atoms with Crippen LogP contribution in [0.3, 0.4) is 0 Å². The van der Waals surface area contributed by atoms with Gasteiger partial charge in [-0.1, -0.05) is 65.1 Å². The second kappa shape index (κ2) is 16.7. The Kier molecular flexibility index (Phi) is 15.9. The summed E-state index contributed by atoms with van der Waals surface area (Å²) in [5.74, 6) is 2.01. The highest BCUT2D eigenvalue weighted by Crippen LogP contribution is 2.45. The summed E-state index contributed by atoms with van der Waals surface area (Å²) < 4.78 is 9.76. The van der Waals surface area contributed by atoms with Crippen LogP contribution in [0.1, 0.15) is 83.8 Å². The van der Waals surface area contributed by atoms with Gasteiger partial charge in [-0.2, -0.15) is 0 Å². The maximum atomic E-state index is 11.3. The molecule has 2 unspecified atom stereocenters. The van der Waals surface area contributed by atoms with E-state index >= 15 is 0 Å². The molecule has 0 radical (unpaired) electrons. The fourth-order valence-electron chi connectivity index (χ4n) is 3.68. The van der Waals surface area contributed by atoms with Gasteiger partial charge in [-0.3, -0.25) is 0 Å². The van der Waals surface area contributed by atoms with Gasteiger partial charge in [-0.25, -0.2) is 4.79 Å². The number of ether oxygens (including phenoxy) is 2. The smallest absolute Gasteiger partial charge is 0.418 e. The summed E-state index contributed by atoms with van der Waals surface area (Å²) in [5, 5.41) is 2.93. The Morgan fingerprint density at radius 2 is 1.79 bits per heavy atom. The molecule has 2 aliphatic carbocycles. The molecule has 0 aromatic heterocycles. The lowest BCUT2D eigenvalue weighted by Crippen LogP contribution is -2.24. The van der Waals surface area contributed by atoms with Crippen LogP contribution < -0.4 is 10.1 Å². The van der Waals surface area contributed by atoms with Crippen LogP contribution >= 0.6 is 11.6 Å². The maximum Gasteiger partial charge on any atom is 0.515 e. The molecule has 1 aromatic carbocycles.